The van der Waals surface area contributed by atoms with Crippen molar-refractivity contribution >= 4 is 10.1 Å². The molecule has 1 aromatic carbocycles. The minimum absolute atomic E-state index is 0.000738. The molecule has 1 aromatic rings. The third kappa shape index (κ3) is 3.61. The van der Waals surface area contributed by atoms with Gasteiger partial charge in [-0.25, -0.2) is 0 Å². The van der Waals surface area contributed by atoms with E-state index in [-0.39, 0.29) is 4.90 Å². The fraction of sp³-hybridized carbons (Fsp3) is 0.500. The molecule has 1 rings (SSSR count). The molecule has 0 spiro atoms. The van der Waals surface area contributed by atoms with E-state index in [2.05, 4.69) is 13.8 Å². The van der Waals surface area contributed by atoms with Gasteiger partial charge in [-0.05, 0) is 42.9 Å². The van der Waals surface area contributed by atoms with Gasteiger partial charge < -0.3 is 0 Å². The Bertz CT molecular complexity index is 461. The molecule has 0 atom stereocenters. The molecule has 1 N–H and O–H groups in total. The van der Waals surface area contributed by atoms with Crippen LogP contribution in [0.4, 0.5) is 0 Å². The summed E-state index contributed by atoms with van der Waals surface area (Å²) in [4.78, 5) is 0.000738. The lowest BCUT2D eigenvalue weighted by Crippen LogP contribution is -2.02. The second-order valence-corrected chi connectivity index (χ2v) is 5.90. The molecular formula is C12H18O3S. The standard InChI is InChI=1S/C12H18O3S/c1-9(2)4-5-11-6-7-12(10(3)8-11)16(13,14)15/h6-9H,4-5H2,1-3H3,(H,13,14,15). The maximum atomic E-state index is 11.0. The Morgan fingerprint density at radius 3 is 2.38 bits per heavy atom. The number of benzene rings is 1. The van der Waals surface area contributed by atoms with Crippen LogP contribution < -0.4 is 0 Å². The molecule has 0 bridgehead atoms. The molecule has 0 radical (unpaired) electrons. The molecule has 0 unspecified atom stereocenters. The van der Waals surface area contributed by atoms with E-state index in [0.29, 0.717) is 11.5 Å². The zero-order chi connectivity index (χ0) is 12.3. The van der Waals surface area contributed by atoms with Gasteiger partial charge in [0.05, 0.1) is 4.90 Å². The van der Waals surface area contributed by atoms with Crippen LogP contribution in [-0.4, -0.2) is 13.0 Å². The molecule has 90 valence electrons. The predicted octanol–water partition coefficient (Wildman–Crippen LogP) is 2.83. The largest absolute Gasteiger partial charge is 0.294 e. The molecule has 0 fully saturated rings. The van der Waals surface area contributed by atoms with Crippen LogP contribution in [0.5, 0.6) is 0 Å². The zero-order valence-corrected chi connectivity index (χ0v) is 10.7. The molecule has 0 aliphatic heterocycles. The van der Waals surface area contributed by atoms with Crippen molar-refractivity contribution in [1.82, 2.24) is 0 Å². The summed E-state index contributed by atoms with van der Waals surface area (Å²) < 4.78 is 30.9. The molecule has 0 aliphatic carbocycles. The third-order valence-corrected chi connectivity index (χ3v) is 3.54. The molecule has 0 aliphatic rings. The van der Waals surface area contributed by atoms with Gasteiger partial charge in [0.15, 0.2) is 0 Å². The molecule has 0 heterocycles. The topological polar surface area (TPSA) is 54.4 Å². The molecular weight excluding hydrogens is 224 g/mol. The lowest BCUT2D eigenvalue weighted by molar-refractivity contribution is 0.482. The van der Waals surface area contributed by atoms with Gasteiger partial charge in [0.1, 0.15) is 0 Å². The van der Waals surface area contributed by atoms with Crippen LogP contribution in [0.3, 0.4) is 0 Å². The molecule has 0 saturated heterocycles. The van der Waals surface area contributed by atoms with Crippen molar-refractivity contribution in [3.05, 3.63) is 29.3 Å². The summed E-state index contributed by atoms with van der Waals surface area (Å²) >= 11 is 0. The van der Waals surface area contributed by atoms with Crippen molar-refractivity contribution in [3.8, 4) is 0 Å². The smallest absolute Gasteiger partial charge is 0.282 e. The van der Waals surface area contributed by atoms with Crippen molar-refractivity contribution in [2.45, 2.75) is 38.5 Å². The van der Waals surface area contributed by atoms with E-state index in [4.69, 9.17) is 4.55 Å². The number of aryl methyl sites for hydroxylation is 2. The summed E-state index contributed by atoms with van der Waals surface area (Å²) in [5, 5.41) is 0. The fourth-order valence-corrected chi connectivity index (χ4v) is 2.32. The fourth-order valence-electron chi connectivity index (χ4n) is 1.61. The van der Waals surface area contributed by atoms with Crippen molar-refractivity contribution in [3.63, 3.8) is 0 Å². The normalized spacial score (nSPS) is 12.1. The maximum absolute atomic E-state index is 11.0. The minimum atomic E-state index is -4.08. The van der Waals surface area contributed by atoms with Crippen molar-refractivity contribution in [1.29, 1.82) is 0 Å². The summed E-state index contributed by atoms with van der Waals surface area (Å²) in [6.07, 6.45) is 2.01. The Balaban J connectivity index is 2.92. The second-order valence-electron chi connectivity index (χ2n) is 4.51. The van der Waals surface area contributed by atoms with E-state index in [1.54, 1.807) is 13.0 Å². The Hall–Kier alpha value is -0.870. The van der Waals surface area contributed by atoms with Crippen LogP contribution >= 0.6 is 0 Å². The maximum Gasteiger partial charge on any atom is 0.294 e. The van der Waals surface area contributed by atoms with Crippen LogP contribution in [0.15, 0.2) is 23.1 Å². The average molecular weight is 242 g/mol. The first-order valence-electron chi connectivity index (χ1n) is 5.37. The SMILES string of the molecule is Cc1cc(CCC(C)C)ccc1S(=O)(=O)O. The van der Waals surface area contributed by atoms with E-state index in [9.17, 15) is 8.42 Å². The lowest BCUT2D eigenvalue weighted by atomic mass is 10.0. The van der Waals surface area contributed by atoms with Gasteiger partial charge >= 0.3 is 0 Å². The number of hydrogen-bond acceptors (Lipinski definition) is 2. The highest BCUT2D eigenvalue weighted by Crippen LogP contribution is 2.18. The molecule has 0 aromatic heterocycles. The van der Waals surface area contributed by atoms with Gasteiger partial charge in [-0.1, -0.05) is 26.0 Å². The van der Waals surface area contributed by atoms with Crippen molar-refractivity contribution < 1.29 is 13.0 Å². The van der Waals surface area contributed by atoms with Crippen LogP contribution in [-0.2, 0) is 16.5 Å². The van der Waals surface area contributed by atoms with Crippen LogP contribution in [0, 0.1) is 12.8 Å². The quantitative estimate of drug-likeness (QED) is 0.826. The zero-order valence-electron chi connectivity index (χ0n) is 9.90. The van der Waals surface area contributed by atoms with Gasteiger partial charge in [-0.15, -0.1) is 0 Å². The van der Waals surface area contributed by atoms with E-state index < -0.39 is 10.1 Å². The van der Waals surface area contributed by atoms with Crippen molar-refractivity contribution in [2.24, 2.45) is 5.92 Å². The summed E-state index contributed by atoms with van der Waals surface area (Å²) in [7, 11) is -4.08. The van der Waals surface area contributed by atoms with E-state index in [1.807, 2.05) is 6.07 Å². The highest BCUT2D eigenvalue weighted by atomic mass is 32.2. The second kappa shape index (κ2) is 4.97. The molecule has 16 heavy (non-hydrogen) atoms. The Kier molecular flexibility index (Phi) is 4.10. The van der Waals surface area contributed by atoms with E-state index in [1.165, 1.54) is 6.07 Å². The van der Waals surface area contributed by atoms with Crippen LogP contribution in [0.1, 0.15) is 31.4 Å². The van der Waals surface area contributed by atoms with Gasteiger partial charge in [-0.3, -0.25) is 4.55 Å². The molecule has 0 amide bonds. The summed E-state index contributed by atoms with van der Waals surface area (Å²) in [6.45, 7) is 6.00. The van der Waals surface area contributed by atoms with Crippen LogP contribution in [0.2, 0.25) is 0 Å². The monoisotopic (exact) mass is 242 g/mol. The first-order valence-corrected chi connectivity index (χ1v) is 6.81. The molecule has 0 saturated carbocycles. The predicted molar refractivity (Wildman–Crippen MR) is 64.2 cm³/mol. The third-order valence-electron chi connectivity index (χ3n) is 2.53. The molecule has 3 nitrogen and oxygen atoms in total. The Morgan fingerprint density at radius 2 is 1.94 bits per heavy atom. The summed E-state index contributed by atoms with van der Waals surface area (Å²) in [5.74, 6) is 0.626. The van der Waals surface area contributed by atoms with E-state index >= 15 is 0 Å². The van der Waals surface area contributed by atoms with Gasteiger partial charge in [0.2, 0.25) is 0 Å². The number of rotatable bonds is 4. The first-order chi connectivity index (χ1) is 7.30. The molecule has 4 heteroatoms. The average Bonchev–Trinajstić information content (AvgIpc) is 2.12. The van der Waals surface area contributed by atoms with Gasteiger partial charge in [-0.2, -0.15) is 8.42 Å². The Labute approximate surface area is 97.2 Å². The van der Waals surface area contributed by atoms with Crippen LogP contribution in [0.25, 0.3) is 0 Å². The lowest BCUT2D eigenvalue weighted by Gasteiger charge is -2.07. The summed E-state index contributed by atoms with van der Waals surface area (Å²) in [5.41, 5.74) is 1.71. The summed E-state index contributed by atoms with van der Waals surface area (Å²) in [6, 6.07) is 5.06. The van der Waals surface area contributed by atoms with Crippen molar-refractivity contribution in [2.75, 3.05) is 0 Å². The van der Waals surface area contributed by atoms with Gasteiger partial charge in [0, 0.05) is 0 Å². The minimum Gasteiger partial charge on any atom is -0.282 e. The van der Waals surface area contributed by atoms with Gasteiger partial charge in [0.25, 0.3) is 10.1 Å². The number of hydrogen-bond donors (Lipinski definition) is 1. The first kappa shape index (κ1) is 13.2. The Morgan fingerprint density at radius 1 is 1.31 bits per heavy atom. The highest BCUT2D eigenvalue weighted by molar-refractivity contribution is 7.85. The van der Waals surface area contributed by atoms with E-state index in [0.717, 1.165) is 18.4 Å². The highest BCUT2D eigenvalue weighted by Gasteiger charge is 2.12.